The van der Waals surface area contributed by atoms with Crippen LogP contribution in [0.25, 0.3) is 0 Å². The second-order valence-electron chi connectivity index (χ2n) is 7.00. The van der Waals surface area contributed by atoms with E-state index in [1.54, 1.807) is 12.3 Å². The third-order valence-corrected chi connectivity index (χ3v) is 4.59. The quantitative estimate of drug-likeness (QED) is 0.472. The number of nitrogens with one attached hydrogen (secondary N) is 3. The maximum absolute atomic E-state index is 12.1. The van der Waals surface area contributed by atoms with Crippen LogP contribution in [0.3, 0.4) is 0 Å². The number of anilines is 1. The van der Waals surface area contributed by atoms with Gasteiger partial charge in [-0.25, -0.2) is 4.98 Å². The largest absolute Gasteiger partial charge is 0.493 e. The average molecular weight is 396 g/mol. The molecule has 7 nitrogen and oxygen atoms in total. The minimum atomic E-state index is -0.0960. The van der Waals surface area contributed by atoms with Crippen molar-refractivity contribution in [1.29, 1.82) is 0 Å². The van der Waals surface area contributed by atoms with Crippen LogP contribution in [0.2, 0.25) is 0 Å². The molecule has 0 fully saturated rings. The first-order valence-electron chi connectivity index (χ1n) is 10.1. The van der Waals surface area contributed by atoms with Crippen LogP contribution in [0.4, 0.5) is 5.82 Å². The van der Waals surface area contributed by atoms with Crippen molar-refractivity contribution in [3.05, 3.63) is 53.2 Å². The van der Waals surface area contributed by atoms with Gasteiger partial charge in [-0.1, -0.05) is 18.2 Å². The number of pyridine rings is 1. The number of rotatable bonds is 8. The second kappa shape index (κ2) is 10.5. The molecule has 1 aliphatic heterocycles. The summed E-state index contributed by atoms with van der Waals surface area (Å²) in [4.78, 5) is 20.7. The molecule has 2 heterocycles. The number of aliphatic imine (C=N–C) groups is 1. The Hall–Kier alpha value is -3.09. The zero-order chi connectivity index (χ0) is 20.5. The van der Waals surface area contributed by atoms with Crippen LogP contribution < -0.4 is 20.7 Å². The first-order chi connectivity index (χ1) is 14.1. The fourth-order valence-corrected chi connectivity index (χ4v) is 3.08. The lowest BCUT2D eigenvalue weighted by Crippen LogP contribution is -2.38. The van der Waals surface area contributed by atoms with Crippen LogP contribution in [0.15, 0.2) is 41.5 Å². The average Bonchev–Trinajstić information content (AvgIpc) is 3.18. The van der Waals surface area contributed by atoms with Gasteiger partial charge in [0.25, 0.3) is 0 Å². The number of benzene rings is 1. The Bertz CT molecular complexity index is 849. The summed E-state index contributed by atoms with van der Waals surface area (Å²) in [5.41, 5.74) is 3.63. The topological polar surface area (TPSA) is 87.6 Å². The molecule has 1 aromatic heterocycles. The lowest BCUT2D eigenvalue weighted by molar-refractivity contribution is -0.116. The van der Waals surface area contributed by atoms with E-state index in [0.29, 0.717) is 18.8 Å². The van der Waals surface area contributed by atoms with Gasteiger partial charge in [0, 0.05) is 32.1 Å². The van der Waals surface area contributed by atoms with E-state index in [-0.39, 0.29) is 5.91 Å². The SMILES string of the molecule is CCNC(=NCCC(=O)Nc1ccc(C)cn1)NCCc1ccc2c(c1)CCO2. The zero-order valence-corrected chi connectivity index (χ0v) is 17.1. The van der Waals surface area contributed by atoms with Crippen molar-refractivity contribution < 1.29 is 9.53 Å². The number of hydrogen-bond acceptors (Lipinski definition) is 4. The summed E-state index contributed by atoms with van der Waals surface area (Å²) in [7, 11) is 0. The molecule has 3 N–H and O–H groups in total. The van der Waals surface area contributed by atoms with Gasteiger partial charge in [-0.2, -0.15) is 0 Å². The van der Waals surface area contributed by atoms with E-state index in [2.05, 4.69) is 44.1 Å². The number of fused-ring (bicyclic) bond motifs is 1. The van der Waals surface area contributed by atoms with Crippen LogP contribution in [0.1, 0.15) is 30.0 Å². The molecule has 29 heavy (non-hydrogen) atoms. The second-order valence-corrected chi connectivity index (χ2v) is 7.00. The highest BCUT2D eigenvalue weighted by Gasteiger charge is 2.11. The normalized spacial score (nSPS) is 12.8. The van der Waals surface area contributed by atoms with Gasteiger partial charge in [-0.05, 0) is 49.1 Å². The molecule has 0 atom stereocenters. The smallest absolute Gasteiger partial charge is 0.227 e. The summed E-state index contributed by atoms with van der Waals surface area (Å²) in [6.45, 7) is 6.70. The summed E-state index contributed by atoms with van der Waals surface area (Å²) in [5, 5.41) is 9.33. The fraction of sp³-hybridized carbons (Fsp3) is 0.409. The van der Waals surface area contributed by atoms with Crippen molar-refractivity contribution in [3.8, 4) is 5.75 Å². The van der Waals surface area contributed by atoms with Crippen molar-refractivity contribution in [2.24, 2.45) is 4.99 Å². The molecule has 3 rings (SSSR count). The Morgan fingerprint density at radius 1 is 1.24 bits per heavy atom. The number of hydrogen-bond donors (Lipinski definition) is 3. The van der Waals surface area contributed by atoms with E-state index in [1.165, 1.54) is 11.1 Å². The Balaban J connectivity index is 1.42. The zero-order valence-electron chi connectivity index (χ0n) is 17.1. The molecule has 2 aromatic rings. The monoisotopic (exact) mass is 395 g/mol. The minimum absolute atomic E-state index is 0.0960. The number of carbonyl (C=O) groups excluding carboxylic acids is 1. The summed E-state index contributed by atoms with van der Waals surface area (Å²) >= 11 is 0. The van der Waals surface area contributed by atoms with Gasteiger partial charge in [0.1, 0.15) is 11.6 Å². The maximum atomic E-state index is 12.1. The highest BCUT2D eigenvalue weighted by molar-refractivity contribution is 5.90. The number of aryl methyl sites for hydroxylation is 1. The molecule has 1 aliphatic rings. The number of carbonyl (C=O) groups is 1. The van der Waals surface area contributed by atoms with Crippen molar-refractivity contribution in [3.63, 3.8) is 0 Å². The standard InChI is InChI=1S/C22H29N5O2/c1-3-23-22(24-11-8-17-5-6-19-18(14-17)10-13-29-19)25-12-9-21(28)27-20-7-4-16(2)15-26-20/h4-7,14-15H,3,8-13H2,1-2H3,(H2,23,24,25)(H,26,27,28). The van der Waals surface area contributed by atoms with Crippen LogP contribution in [-0.2, 0) is 17.6 Å². The fourth-order valence-electron chi connectivity index (χ4n) is 3.08. The van der Waals surface area contributed by atoms with Gasteiger partial charge in [0.2, 0.25) is 5.91 Å². The molecule has 0 bridgehead atoms. The van der Waals surface area contributed by atoms with Gasteiger partial charge in [0.15, 0.2) is 5.96 Å². The van der Waals surface area contributed by atoms with Crippen molar-refractivity contribution in [1.82, 2.24) is 15.6 Å². The third kappa shape index (κ3) is 6.48. The Morgan fingerprint density at radius 2 is 2.14 bits per heavy atom. The van der Waals surface area contributed by atoms with Crippen molar-refractivity contribution in [2.45, 2.75) is 33.1 Å². The Labute approximate surface area is 172 Å². The summed E-state index contributed by atoms with van der Waals surface area (Å²) < 4.78 is 5.55. The van der Waals surface area contributed by atoms with Gasteiger partial charge < -0.3 is 20.7 Å². The van der Waals surface area contributed by atoms with Crippen LogP contribution in [-0.4, -0.2) is 43.1 Å². The van der Waals surface area contributed by atoms with E-state index in [1.807, 2.05) is 19.9 Å². The molecule has 1 amide bonds. The number of aromatic nitrogens is 1. The molecule has 0 spiro atoms. The van der Waals surface area contributed by atoms with E-state index in [9.17, 15) is 4.79 Å². The van der Waals surface area contributed by atoms with E-state index in [4.69, 9.17) is 4.74 Å². The van der Waals surface area contributed by atoms with Gasteiger partial charge in [-0.15, -0.1) is 0 Å². The molecule has 0 radical (unpaired) electrons. The number of guanidine groups is 1. The first kappa shape index (κ1) is 20.6. The maximum Gasteiger partial charge on any atom is 0.227 e. The summed E-state index contributed by atoms with van der Waals surface area (Å²) in [6.07, 6.45) is 3.92. The van der Waals surface area contributed by atoms with E-state index in [0.717, 1.165) is 49.8 Å². The molecule has 154 valence electrons. The summed E-state index contributed by atoms with van der Waals surface area (Å²) in [5.74, 6) is 2.20. The molecule has 0 saturated heterocycles. The van der Waals surface area contributed by atoms with E-state index < -0.39 is 0 Å². The molecular weight excluding hydrogens is 366 g/mol. The Kier molecular flexibility index (Phi) is 7.44. The third-order valence-electron chi connectivity index (χ3n) is 4.59. The Morgan fingerprint density at radius 3 is 2.93 bits per heavy atom. The predicted octanol–water partition coefficient (Wildman–Crippen LogP) is 2.45. The predicted molar refractivity (Wildman–Crippen MR) is 116 cm³/mol. The molecule has 0 saturated carbocycles. The molecule has 0 aliphatic carbocycles. The van der Waals surface area contributed by atoms with Gasteiger partial charge >= 0.3 is 0 Å². The number of ether oxygens (including phenoxy) is 1. The number of nitrogens with zero attached hydrogens (tertiary/aromatic N) is 2. The van der Waals surface area contributed by atoms with E-state index >= 15 is 0 Å². The molecule has 0 unspecified atom stereocenters. The number of amides is 1. The van der Waals surface area contributed by atoms with Gasteiger partial charge in [-0.3, -0.25) is 9.79 Å². The lowest BCUT2D eigenvalue weighted by Gasteiger charge is -2.12. The summed E-state index contributed by atoms with van der Waals surface area (Å²) in [6, 6.07) is 10.1. The highest BCUT2D eigenvalue weighted by Crippen LogP contribution is 2.25. The minimum Gasteiger partial charge on any atom is -0.493 e. The lowest BCUT2D eigenvalue weighted by atomic mass is 10.1. The van der Waals surface area contributed by atoms with Crippen molar-refractivity contribution >= 4 is 17.7 Å². The van der Waals surface area contributed by atoms with Crippen LogP contribution in [0, 0.1) is 6.92 Å². The molecular formula is C22H29N5O2. The van der Waals surface area contributed by atoms with Crippen molar-refractivity contribution in [2.75, 3.05) is 31.6 Å². The first-order valence-corrected chi connectivity index (χ1v) is 10.1. The highest BCUT2D eigenvalue weighted by atomic mass is 16.5. The van der Waals surface area contributed by atoms with Gasteiger partial charge in [0.05, 0.1) is 13.2 Å². The van der Waals surface area contributed by atoms with Crippen LogP contribution >= 0.6 is 0 Å². The molecule has 7 heteroatoms. The van der Waals surface area contributed by atoms with Crippen LogP contribution in [0.5, 0.6) is 5.75 Å². The molecule has 1 aromatic carbocycles.